The molecule has 3 rings (SSSR count). The van der Waals surface area contributed by atoms with Gasteiger partial charge in [0, 0.05) is 22.9 Å². The summed E-state index contributed by atoms with van der Waals surface area (Å²) in [5.74, 6) is -0.906. The smallest absolute Gasteiger partial charge is 0.270 e. The van der Waals surface area contributed by atoms with Crippen molar-refractivity contribution in [2.75, 3.05) is 4.90 Å². The standard InChI is InChI=1S/C19H18BrN3O2S/c1-10-7-14(20)5-6-16(10)23-18(25)15(17(24)21-19(23)26)9-13-8-11(2)22(4)12(13)3/h5-9H,1-4H3,(H,21,24,26)/b15-9-. The summed E-state index contributed by atoms with van der Waals surface area (Å²) in [6.07, 6.45) is 1.63. The Morgan fingerprint density at radius 1 is 1.15 bits per heavy atom. The summed E-state index contributed by atoms with van der Waals surface area (Å²) in [5, 5.41) is 2.71. The molecule has 2 heterocycles. The van der Waals surface area contributed by atoms with Crippen molar-refractivity contribution in [1.82, 2.24) is 9.88 Å². The fourth-order valence-corrected chi connectivity index (χ4v) is 3.68. The van der Waals surface area contributed by atoms with Gasteiger partial charge in [0.1, 0.15) is 5.57 Å². The lowest BCUT2D eigenvalue weighted by Crippen LogP contribution is -2.54. The van der Waals surface area contributed by atoms with Gasteiger partial charge in [0.2, 0.25) is 0 Å². The highest BCUT2D eigenvalue weighted by molar-refractivity contribution is 9.10. The van der Waals surface area contributed by atoms with Crippen LogP contribution in [0.15, 0.2) is 34.3 Å². The molecule has 26 heavy (non-hydrogen) atoms. The molecule has 1 aromatic carbocycles. The molecule has 0 aliphatic carbocycles. The summed E-state index contributed by atoms with van der Waals surface area (Å²) in [5.41, 5.74) is 4.45. The van der Waals surface area contributed by atoms with Crippen molar-refractivity contribution >= 4 is 56.8 Å². The van der Waals surface area contributed by atoms with Gasteiger partial charge in [0.25, 0.3) is 11.8 Å². The van der Waals surface area contributed by atoms with E-state index in [1.807, 2.05) is 50.6 Å². The zero-order valence-electron chi connectivity index (χ0n) is 14.9. The van der Waals surface area contributed by atoms with E-state index in [9.17, 15) is 9.59 Å². The number of benzene rings is 1. The Morgan fingerprint density at radius 3 is 2.42 bits per heavy atom. The maximum atomic E-state index is 13.1. The minimum absolute atomic E-state index is 0.0645. The number of carbonyl (C=O) groups excluding carboxylic acids is 2. The first kappa shape index (κ1) is 18.5. The lowest BCUT2D eigenvalue weighted by Gasteiger charge is -2.30. The van der Waals surface area contributed by atoms with Crippen molar-refractivity contribution < 1.29 is 9.59 Å². The number of hydrogen-bond acceptors (Lipinski definition) is 3. The van der Waals surface area contributed by atoms with Gasteiger partial charge in [0.15, 0.2) is 5.11 Å². The number of carbonyl (C=O) groups is 2. The van der Waals surface area contributed by atoms with E-state index in [1.54, 1.807) is 12.1 Å². The molecule has 134 valence electrons. The number of aryl methyl sites for hydroxylation is 2. The van der Waals surface area contributed by atoms with E-state index in [0.29, 0.717) is 5.69 Å². The molecule has 0 atom stereocenters. The largest absolute Gasteiger partial charge is 0.352 e. The first-order chi connectivity index (χ1) is 12.2. The summed E-state index contributed by atoms with van der Waals surface area (Å²) in [4.78, 5) is 26.9. The first-order valence-electron chi connectivity index (χ1n) is 8.01. The Labute approximate surface area is 165 Å². The molecule has 1 saturated heterocycles. The summed E-state index contributed by atoms with van der Waals surface area (Å²) in [6.45, 7) is 5.82. The van der Waals surface area contributed by atoms with E-state index < -0.39 is 11.8 Å². The molecule has 1 aliphatic rings. The minimum Gasteiger partial charge on any atom is -0.352 e. The van der Waals surface area contributed by atoms with E-state index in [4.69, 9.17) is 12.2 Å². The molecule has 0 spiro atoms. The zero-order valence-corrected chi connectivity index (χ0v) is 17.3. The lowest BCUT2D eigenvalue weighted by atomic mass is 10.1. The van der Waals surface area contributed by atoms with E-state index in [1.165, 1.54) is 4.90 Å². The van der Waals surface area contributed by atoms with Crippen LogP contribution in [0, 0.1) is 20.8 Å². The monoisotopic (exact) mass is 431 g/mol. The van der Waals surface area contributed by atoms with E-state index in [-0.39, 0.29) is 10.7 Å². The molecule has 5 nitrogen and oxygen atoms in total. The average molecular weight is 432 g/mol. The Morgan fingerprint density at radius 2 is 1.85 bits per heavy atom. The van der Waals surface area contributed by atoms with Crippen LogP contribution in [-0.4, -0.2) is 21.5 Å². The van der Waals surface area contributed by atoms with Crippen molar-refractivity contribution in [3.8, 4) is 0 Å². The fourth-order valence-electron chi connectivity index (χ4n) is 2.93. The van der Waals surface area contributed by atoms with Gasteiger partial charge in [-0.1, -0.05) is 15.9 Å². The van der Waals surface area contributed by atoms with Gasteiger partial charge in [-0.05, 0) is 74.5 Å². The Bertz CT molecular complexity index is 991. The third-order valence-corrected chi connectivity index (χ3v) is 5.39. The Balaban J connectivity index is 2.08. The van der Waals surface area contributed by atoms with Gasteiger partial charge in [-0.3, -0.25) is 19.8 Å². The quantitative estimate of drug-likeness (QED) is 0.449. The number of anilines is 1. The van der Waals surface area contributed by atoms with Crippen molar-refractivity contribution in [2.45, 2.75) is 20.8 Å². The third kappa shape index (κ3) is 3.12. The van der Waals surface area contributed by atoms with Crippen LogP contribution in [0.2, 0.25) is 0 Å². The predicted molar refractivity (Wildman–Crippen MR) is 110 cm³/mol. The zero-order chi connectivity index (χ0) is 19.2. The number of halogens is 1. The van der Waals surface area contributed by atoms with Crippen LogP contribution in [0.25, 0.3) is 6.08 Å². The molecule has 1 aliphatic heterocycles. The van der Waals surface area contributed by atoms with Gasteiger partial charge >= 0.3 is 0 Å². The Kier molecular flexibility index (Phi) is 4.86. The minimum atomic E-state index is -0.480. The molecule has 0 unspecified atom stereocenters. The normalized spacial score (nSPS) is 16.4. The second-order valence-corrected chi connectivity index (χ2v) is 7.58. The van der Waals surface area contributed by atoms with Gasteiger partial charge < -0.3 is 4.57 Å². The number of rotatable bonds is 2. The summed E-state index contributed by atoms with van der Waals surface area (Å²) in [7, 11) is 1.95. The summed E-state index contributed by atoms with van der Waals surface area (Å²) in [6, 6.07) is 7.49. The molecule has 7 heteroatoms. The van der Waals surface area contributed by atoms with Crippen LogP contribution in [0.3, 0.4) is 0 Å². The summed E-state index contributed by atoms with van der Waals surface area (Å²) >= 11 is 8.67. The second kappa shape index (κ2) is 6.81. The highest BCUT2D eigenvalue weighted by Gasteiger charge is 2.35. The van der Waals surface area contributed by atoms with Gasteiger partial charge in [-0.2, -0.15) is 0 Å². The fraction of sp³-hybridized carbons (Fsp3) is 0.211. The molecule has 0 saturated carbocycles. The van der Waals surface area contributed by atoms with Crippen LogP contribution in [0.1, 0.15) is 22.5 Å². The number of aromatic nitrogens is 1. The van der Waals surface area contributed by atoms with Gasteiger partial charge in [-0.25, -0.2) is 0 Å². The molecule has 2 aromatic rings. The van der Waals surface area contributed by atoms with Gasteiger partial charge in [-0.15, -0.1) is 0 Å². The van der Waals surface area contributed by atoms with Crippen LogP contribution >= 0.6 is 28.1 Å². The van der Waals surface area contributed by atoms with Crippen molar-refractivity contribution in [2.24, 2.45) is 7.05 Å². The topological polar surface area (TPSA) is 54.3 Å². The van der Waals surface area contributed by atoms with E-state index in [0.717, 1.165) is 27.0 Å². The molecular formula is C19H18BrN3O2S. The highest BCUT2D eigenvalue weighted by Crippen LogP contribution is 2.28. The molecule has 1 aromatic heterocycles. The number of thiocarbonyl (C=S) groups is 1. The second-order valence-electron chi connectivity index (χ2n) is 6.27. The SMILES string of the molecule is Cc1cc(Br)ccc1N1C(=O)/C(=C\c2cc(C)n(C)c2C)C(=O)NC1=S. The molecule has 0 bridgehead atoms. The van der Waals surface area contributed by atoms with Crippen LogP contribution in [-0.2, 0) is 16.6 Å². The average Bonchev–Trinajstić information content (AvgIpc) is 2.80. The molecular weight excluding hydrogens is 414 g/mol. The molecule has 2 amide bonds. The van der Waals surface area contributed by atoms with Crippen LogP contribution in [0.4, 0.5) is 5.69 Å². The number of nitrogens with one attached hydrogen (secondary N) is 1. The maximum Gasteiger partial charge on any atom is 0.270 e. The van der Waals surface area contributed by atoms with Crippen molar-refractivity contribution in [1.29, 1.82) is 0 Å². The van der Waals surface area contributed by atoms with Crippen molar-refractivity contribution in [3.63, 3.8) is 0 Å². The van der Waals surface area contributed by atoms with Crippen LogP contribution < -0.4 is 10.2 Å². The molecule has 0 radical (unpaired) electrons. The number of hydrogen-bond donors (Lipinski definition) is 1. The predicted octanol–water partition coefficient (Wildman–Crippen LogP) is 3.54. The molecule has 1 fully saturated rings. The third-order valence-electron chi connectivity index (χ3n) is 4.62. The maximum absolute atomic E-state index is 13.1. The van der Waals surface area contributed by atoms with E-state index >= 15 is 0 Å². The Hall–Kier alpha value is -2.25. The van der Waals surface area contributed by atoms with Gasteiger partial charge in [0.05, 0.1) is 5.69 Å². The molecule has 1 N–H and O–H groups in total. The van der Waals surface area contributed by atoms with Crippen molar-refractivity contribution in [3.05, 3.63) is 56.8 Å². The van der Waals surface area contributed by atoms with Crippen LogP contribution in [0.5, 0.6) is 0 Å². The summed E-state index contributed by atoms with van der Waals surface area (Å²) < 4.78 is 2.92. The number of nitrogens with zero attached hydrogens (tertiary/aromatic N) is 2. The lowest BCUT2D eigenvalue weighted by molar-refractivity contribution is -0.122. The van der Waals surface area contributed by atoms with E-state index in [2.05, 4.69) is 21.2 Å². The first-order valence-corrected chi connectivity index (χ1v) is 9.21. The number of amides is 2. The highest BCUT2D eigenvalue weighted by atomic mass is 79.9.